The lowest BCUT2D eigenvalue weighted by Gasteiger charge is -2.38. The Balaban J connectivity index is 1.21. The summed E-state index contributed by atoms with van der Waals surface area (Å²) in [5, 5.41) is 0. The Labute approximate surface area is 177 Å². The van der Waals surface area contributed by atoms with E-state index in [0.717, 1.165) is 49.2 Å². The summed E-state index contributed by atoms with van der Waals surface area (Å²) in [5.41, 5.74) is 0.904. The summed E-state index contributed by atoms with van der Waals surface area (Å²) in [6, 6.07) is 10.1. The highest BCUT2D eigenvalue weighted by Gasteiger charge is 2.44. The van der Waals surface area contributed by atoms with Crippen molar-refractivity contribution in [3.05, 3.63) is 48.3 Å². The molecule has 6 nitrogen and oxygen atoms in total. The molecular weight excluding hydrogens is 380 g/mol. The molecule has 6 heteroatoms. The number of nitrogens with zero attached hydrogens (tertiary/aromatic N) is 2. The monoisotopic (exact) mass is 408 g/mol. The smallest absolute Gasteiger partial charge is 0.261 e. The van der Waals surface area contributed by atoms with E-state index >= 15 is 0 Å². The number of para-hydroxylation sites is 1. The van der Waals surface area contributed by atoms with Crippen LogP contribution in [0.2, 0.25) is 0 Å². The summed E-state index contributed by atoms with van der Waals surface area (Å²) < 4.78 is 18.1. The lowest BCUT2D eigenvalue weighted by atomic mass is 9.99. The Morgan fingerprint density at radius 2 is 1.90 bits per heavy atom. The number of hydrogen-bond acceptors (Lipinski definition) is 5. The highest BCUT2D eigenvalue weighted by atomic mass is 16.5. The zero-order chi connectivity index (χ0) is 20.7. The van der Waals surface area contributed by atoms with Crippen molar-refractivity contribution >= 4 is 5.91 Å². The van der Waals surface area contributed by atoms with Crippen molar-refractivity contribution in [3.8, 4) is 17.2 Å². The molecule has 2 fully saturated rings. The van der Waals surface area contributed by atoms with Crippen molar-refractivity contribution in [2.75, 3.05) is 6.61 Å². The van der Waals surface area contributed by atoms with E-state index in [4.69, 9.17) is 14.2 Å². The second-order valence-corrected chi connectivity index (χ2v) is 9.15. The molecule has 30 heavy (non-hydrogen) atoms. The Hall–Kier alpha value is -2.76. The average molecular weight is 408 g/mol. The summed E-state index contributed by atoms with van der Waals surface area (Å²) in [4.78, 5) is 19.1. The predicted molar refractivity (Wildman–Crippen MR) is 112 cm³/mol. The normalized spacial score (nSPS) is 26.1. The first kappa shape index (κ1) is 19.2. The zero-order valence-electron chi connectivity index (χ0n) is 17.5. The summed E-state index contributed by atoms with van der Waals surface area (Å²) in [5.74, 6) is 2.34. The lowest BCUT2D eigenvalue weighted by Crippen LogP contribution is -2.50. The molecule has 0 aliphatic carbocycles. The number of carbonyl (C=O) groups is 1. The number of ether oxygens (including phenoxy) is 3. The van der Waals surface area contributed by atoms with Gasteiger partial charge in [0, 0.05) is 49.3 Å². The first-order valence-electron chi connectivity index (χ1n) is 10.8. The van der Waals surface area contributed by atoms with Crippen molar-refractivity contribution in [2.24, 2.45) is 0 Å². The van der Waals surface area contributed by atoms with E-state index in [1.165, 1.54) is 0 Å². The van der Waals surface area contributed by atoms with E-state index in [9.17, 15) is 4.79 Å². The number of fused-ring (bicyclic) bond motifs is 3. The molecule has 158 valence electrons. The molecular formula is C24H28N2O4. The van der Waals surface area contributed by atoms with Crippen LogP contribution in [0.15, 0.2) is 42.7 Å². The van der Waals surface area contributed by atoms with Crippen LogP contribution in [0.25, 0.3) is 0 Å². The van der Waals surface area contributed by atoms with Gasteiger partial charge in [0.1, 0.15) is 17.5 Å². The molecule has 0 saturated carbocycles. The largest absolute Gasteiger partial charge is 0.490 e. The molecule has 3 aliphatic heterocycles. The van der Waals surface area contributed by atoms with Gasteiger partial charge in [-0.05, 0) is 44.9 Å². The van der Waals surface area contributed by atoms with Gasteiger partial charge < -0.3 is 19.1 Å². The SMILES string of the molecule is CC1(C)Cc2cccc(OCC(=O)N3C4CCC3CC(Oc3ccncc3)C4)c2O1. The maximum Gasteiger partial charge on any atom is 0.261 e. The van der Waals surface area contributed by atoms with Crippen LogP contribution in [0.5, 0.6) is 17.2 Å². The molecule has 0 radical (unpaired) electrons. The van der Waals surface area contributed by atoms with E-state index in [1.807, 2.05) is 29.2 Å². The minimum absolute atomic E-state index is 0.0448. The van der Waals surface area contributed by atoms with Gasteiger partial charge in [-0.15, -0.1) is 0 Å². The topological polar surface area (TPSA) is 60.9 Å². The minimum Gasteiger partial charge on any atom is -0.490 e. The van der Waals surface area contributed by atoms with Crippen LogP contribution < -0.4 is 14.2 Å². The summed E-state index contributed by atoms with van der Waals surface area (Å²) in [7, 11) is 0. The van der Waals surface area contributed by atoms with Crippen LogP contribution in [0.1, 0.15) is 45.1 Å². The van der Waals surface area contributed by atoms with Crippen molar-refractivity contribution in [1.82, 2.24) is 9.88 Å². The van der Waals surface area contributed by atoms with Crippen LogP contribution >= 0.6 is 0 Å². The molecule has 2 bridgehead atoms. The Morgan fingerprint density at radius 3 is 2.63 bits per heavy atom. The number of carbonyl (C=O) groups excluding carboxylic acids is 1. The van der Waals surface area contributed by atoms with Crippen LogP contribution in [0, 0.1) is 0 Å². The Kier molecular flexibility index (Phi) is 4.80. The molecule has 4 heterocycles. The molecule has 1 aromatic carbocycles. The van der Waals surface area contributed by atoms with Gasteiger partial charge in [-0.25, -0.2) is 0 Å². The third-order valence-electron chi connectivity index (χ3n) is 6.34. The fourth-order valence-corrected chi connectivity index (χ4v) is 5.15. The van der Waals surface area contributed by atoms with E-state index < -0.39 is 0 Å². The van der Waals surface area contributed by atoms with Crippen molar-refractivity contribution in [3.63, 3.8) is 0 Å². The van der Waals surface area contributed by atoms with Gasteiger partial charge in [0.25, 0.3) is 5.91 Å². The Bertz CT molecular complexity index is 916. The molecule has 5 rings (SSSR count). The molecule has 2 saturated heterocycles. The fourth-order valence-electron chi connectivity index (χ4n) is 5.15. The van der Waals surface area contributed by atoms with Crippen molar-refractivity contribution in [2.45, 2.75) is 69.7 Å². The van der Waals surface area contributed by atoms with Gasteiger partial charge in [-0.3, -0.25) is 9.78 Å². The van der Waals surface area contributed by atoms with E-state index in [2.05, 4.69) is 24.9 Å². The molecule has 2 unspecified atom stereocenters. The summed E-state index contributed by atoms with van der Waals surface area (Å²) >= 11 is 0. The van der Waals surface area contributed by atoms with Crippen LogP contribution in [0.3, 0.4) is 0 Å². The second-order valence-electron chi connectivity index (χ2n) is 9.15. The number of piperidine rings is 1. The number of pyridine rings is 1. The number of amides is 1. The number of benzene rings is 1. The first-order chi connectivity index (χ1) is 14.5. The van der Waals surface area contributed by atoms with Gasteiger partial charge in [-0.1, -0.05) is 12.1 Å². The molecule has 0 spiro atoms. The third kappa shape index (κ3) is 3.71. The maximum atomic E-state index is 13.0. The van der Waals surface area contributed by atoms with Crippen LogP contribution in [0.4, 0.5) is 0 Å². The maximum absolute atomic E-state index is 13.0. The highest BCUT2D eigenvalue weighted by molar-refractivity contribution is 5.79. The molecule has 0 N–H and O–H groups in total. The Morgan fingerprint density at radius 1 is 1.17 bits per heavy atom. The van der Waals surface area contributed by atoms with E-state index in [0.29, 0.717) is 5.75 Å². The second kappa shape index (κ2) is 7.49. The molecule has 1 amide bonds. The van der Waals surface area contributed by atoms with E-state index in [-0.39, 0.29) is 36.3 Å². The predicted octanol–water partition coefficient (Wildman–Crippen LogP) is 3.77. The quantitative estimate of drug-likeness (QED) is 0.754. The summed E-state index contributed by atoms with van der Waals surface area (Å²) in [6.07, 6.45) is 8.27. The summed E-state index contributed by atoms with van der Waals surface area (Å²) in [6.45, 7) is 4.18. The standard InChI is InChI=1S/C24H28N2O4/c1-24(2)14-16-4-3-5-21(23(16)30-24)28-15-22(27)26-17-6-7-18(26)13-20(12-17)29-19-8-10-25-11-9-19/h3-5,8-11,17-18,20H,6-7,12-15H2,1-2H3. The third-order valence-corrected chi connectivity index (χ3v) is 6.34. The minimum atomic E-state index is -0.235. The molecule has 2 aromatic rings. The van der Waals surface area contributed by atoms with Crippen molar-refractivity contribution in [1.29, 1.82) is 0 Å². The van der Waals surface area contributed by atoms with Gasteiger partial charge in [0.05, 0.1) is 0 Å². The highest BCUT2D eigenvalue weighted by Crippen LogP contribution is 2.42. The van der Waals surface area contributed by atoms with Crippen LogP contribution in [-0.4, -0.2) is 46.2 Å². The van der Waals surface area contributed by atoms with Gasteiger partial charge in [0.2, 0.25) is 0 Å². The van der Waals surface area contributed by atoms with Crippen LogP contribution in [-0.2, 0) is 11.2 Å². The first-order valence-corrected chi connectivity index (χ1v) is 10.8. The van der Waals surface area contributed by atoms with E-state index in [1.54, 1.807) is 12.4 Å². The number of hydrogen-bond donors (Lipinski definition) is 0. The van der Waals surface area contributed by atoms with Gasteiger partial charge in [-0.2, -0.15) is 0 Å². The zero-order valence-corrected chi connectivity index (χ0v) is 17.5. The fraction of sp³-hybridized carbons (Fsp3) is 0.500. The number of aromatic nitrogens is 1. The van der Waals surface area contributed by atoms with Gasteiger partial charge in [0.15, 0.2) is 18.1 Å². The van der Waals surface area contributed by atoms with Gasteiger partial charge >= 0.3 is 0 Å². The average Bonchev–Trinajstić information content (AvgIpc) is 3.19. The molecule has 1 aromatic heterocycles. The number of rotatable bonds is 5. The lowest BCUT2D eigenvalue weighted by molar-refractivity contribution is -0.139. The molecule has 2 atom stereocenters. The van der Waals surface area contributed by atoms with Crippen molar-refractivity contribution < 1.29 is 19.0 Å². The molecule has 3 aliphatic rings.